The number of benzene rings is 1. The van der Waals surface area contributed by atoms with Gasteiger partial charge in [0.25, 0.3) is 5.56 Å². The minimum absolute atomic E-state index is 0.00606. The Balaban J connectivity index is 1.52. The van der Waals surface area contributed by atoms with Gasteiger partial charge in [0.2, 0.25) is 5.91 Å². The largest absolute Gasteiger partial charge is 0.359 e. The maximum absolute atomic E-state index is 13.0. The molecule has 0 aliphatic carbocycles. The number of hydrogen-bond donors (Lipinski definition) is 1. The van der Waals surface area contributed by atoms with Crippen LogP contribution >= 0.6 is 11.3 Å². The number of nitrogens with one attached hydrogen (secondary N) is 1. The van der Waals surface area contributed by atoms with Gasteiger partial charge in [-0.2, -0.15) is 4.98 Å². The molecule has 0 unspecified atom stereocenters. The molecule has 1 aromatic carbocycles. The van der Waals surface area contributed by atoms with Gasteiger partial charge in [-0.15, -0.1) is 0 Å². The lowest BCUT2D eigenvalue weighted by Crippen LogP contribution is -2.39. The van der Waals surface area contributed by atoms with Gasteiger partial charge in [0.15, 0.2) is 16.6 Å². The molecule has 1 N–H and O–H groups in total. The Morgan fingerprint density at radius 1 is 1.23 bits per heavy atom. The number of aromatic nitrogens is 3. The number of ketones is 1. The van der Waals surface area contributed by atoms with Crippen molar-refractivity contribution in [3.8, 4) is 0 Å². The highest BCUT2D eigenvalue weighted by Gasteiger charge is 2.26. The molecule has 156 valence electrons. The van der Waals surface area contributed by atoms with Gasteiger partial charge in [-0.1, -0.05) is 11.3 Å². The van der Waals surface area contributed by atoms with Gasteiger partial charge in [0.05, 0.1) is 6.54 Å². The van der Waals surface area contributed by atoms with Crippen LogP contribution in [0.5, 0.6) is 0 Å². The maximum atomic E-state index is 13.0. The number of hydrogen-bond acceptors (Lipinski definition) is 7. The zero-order chi connectivity index (χ0) is 21.3. The van der Waals surface area contributed by atoms with E-state index in [9.17, 15) is 18.8 Å². The second-order valence-electron chi connectivity index (χ2n) is 7.13. The fraction of sp³-hybridized carbons (Fsp3) is 0.350. The summed E-state index contributed by atoms with van der Waals surface area (Å²) in [7, 11) is 1.64. The van der Waals surface area contributed by atoms with Gasteiger partial charge >= 0.3 is 0 Å². The Morgan fingerprint density at radius 2 is 1.93 bits per heavy atom. The highest BCUT2D eigenvalue weighted by atomic mass is 32.1. The standard InChI is InChI=1S/C20H20FN5O3S/c1-22-18(28)13-6-8-25(9-7-13)20-24-17-16(30-20)19(29)26(11-23-17)10-15(27)12-2-4-14(21)5-3-12/h2-5,11,13H,6-10H2,1H3,(H,22,28). The zero-order valence-corrected chi connectivity index (χ0v) is 17.1. The van der Waals surface area contributed by atoms with Crippen LogP contribution in [0, 0.1) is 11.7 Å². The predicted octanol–water partition coefficient (Wildman–Crippen LogP) is 1.84. The molecule has 1 aliphatic heterocycles. The minimum atomic E-state index is -0.427. The van der Waals surface area contributed by atoms with Crippen molar-refractivity contribution in [2.75, 3.05) is 25.0 Å². The summed E-state index contributed by atoms with van der Waals surface area (Å²) in [6.45, 7) is 1.17. The van der Waals surface area contributed by atoms with Crippen molar-refractivity contribution in [1.82, 2.24) is 19.9 Å². The molecule has 8 nitrogen and oxygen atoms in total. The number of amides is 1. The first-order chi connectivity index (χ1) is 14.5. The smallest absolute Gasteiger partial charge is 0.273 e. The molecule has 1 aliphatic rings. The molecule has 10 heteroatoms. The van der Waals surface area contributed by atoms with Gasteiger partial charge in [-0.25, -0.2) is 9.37 Å². The number of fused-ring (bicyclic) bond motifs is 1. The molecule has 1 amide bonds. The fourth-order valence-electron chi connectivity index (χ4n) is 3.50. The van der Waals surface area contributed by atoms with Crippen molar-refractivity contribution in [3.05, 3.63) is 52.3 Å². The fourth-order valence-corrected chi connectivity index (χ4v) is 4.52. The van der Waals surface area contributed by atoms with Crippen LogP contribution in [0.4, 0.5) is 9.52 Å². The highest BCUT2D eigenvalue weighted by Crippen LogP contribution is 2.29. The topological polar surface area (TPSA) is 97.2 Å². The van der Waals surface area contributed by atoms with Crippen LogP contribution in [0.3, 0.4) is 0 Å². The molecule has 3 aromatic rings. The average molecular weight is 429 g/mol. The molecule has 0 spiro atoms. The van der Waals surface area contributed by atoms with Gasteiger partial charge in [-0.05, 0) is 37.1 Å². The van der Waals surface area contributed by atoms with Crippen molar-refractivity contribution in [1.29, 1.82) is 0 Å². The van der Waals surface area contributed by atoms with E-state index in [1.807, 2.05) is 0 Å². The number of thiazole rings is 1. The predicted molar refractivity (Wildman–Crippen MR) is 111 cm³/mol. The van der Waals surface area contributed by atoms with Crippen LogP contribution in [0.1, 0.15) is 23.2 Å². The van der Waals surface area contributed by atoms with Crippen molar-refractivity contribution in [2.45, 2.75) is 19.4 Å². The quantitative estimate of drug-likeness (QED) is 0.622. The van der Waals surface area contributed by atoms with E-state index < -0.39 is 5.82 Å². The third kappa shape index (κ3) is 3.95. The number of rotatable bonds is 5. The minimum Gasteiger partial charge on any atom is -0.359 e. The van der Waals surface area contributed by atoms with Gasteiger partial charge < -0.3 is 10.2 Å². The summed E-state index contributed by atoms with van der Waals surface area (Å²) < 4.78 is 14.7. The van der Waals surface area contributed by atoms with E-state index in [0.717, 1.165) is 12.8 Å². The number of halogens is 1. The third-order valence-electron chi connectivity index (χ3n) is 5.24. The molecular weight excluding hydrogens is 409 g/mol. The van der Waals surface area contributed by atoms with E-state index in [1.165, 1.54) is 46.5 Å². The van der Waals surface area contributed by atoms with E-state index in [0.29, 0.717) is 34.1 Å². The second kappa shape index (κ2) is 8.31. The molecule has 3 heterocycles. The Kier molecular flexibility index (Phi) is 5.58. The Labute approximate surface area is 175 Å². The summed E-state index contributed by atoms with van der Waals surface area (Å²) in [4.78, 5) is 47.8. The van der Waals surface area contributed by atoms with E-state index in [4.69, 9.17) is 0 Å². The number of nitrogens with zero attached hydrogens (tertiary/aromatic N) is 4. The Morgan fingerprint density at radius 3 is 2.60 bits per heavy atom. The van der Waals surface area contributed by atoms with Crippen LogP contribution < -0.4 is 15.8 Å². The van der Waals surface area contributed by atoms with Crippen LogP contribution in [-0.2, 0) is 11.3 Å². The van der Waals surface area contributed by atoms with Crippen molar-refractivity contribution in [2.24, 2.45) is 5.92 Å². The summed E-state index contributed by atoms with van der Waals surface area (Å²) in [5, 5.41) is 3.37. The summed E-state index contributed by atoms with van der Waals surface area (Å²) >= 11 is 1.24. The lowest BCUT2D eigenvalue weighted by molar-refractivity contribution is -0.125. The van der Waals surface area contributed by atoms with Crippen molar-refractivity contribution < 1.29 is 14.0 Å². The van der Waals surface area contributed by atoms with Crippen LogP contribution in [0.15, 0.2) is 35.4 Å². The molecular formula is C20H20FN5O3S. The van der Waals surface area contributed by atoms with Crippen molar-refractivity contribution >= 4 is 38.5 Å². The van der Waals surface area contributed by atoms with Crippen LogP contribution in [0.25, 0.3) is 10.3 Å². The van der Waals surface area contributed by atoms with E-state index >= 15 is 0 Å². The average Bonchev–Trinajstić information content (AvgIpc) is 3.21. The van der Waals surface area contributed by atoms with E-state index in [2.05, 4.69) is 20.2 Å². The lowest BCUT2D eigenvalue weighted by Gasteiger charge is -2.30. The van der Waals surface area contributed by atoms with Crippen LogP contribution in [0.2, 0.25) is 0 Å². The Bertz CT molecular complexity index is 1150. The zero-order valence-electron chi connectivity index (χ0n) is 16.3. The van der Waals surface area contributed by atoms with Gasteiger partial charge in [0.1, 0.15) is 16.8 Å². The number of Topliss-reactive ketones (excluding diaryl/α,β-unsaturated/α-hetero) is 1. The number of piperidine rings is 1. The molecule has 1 fully saturated rings. The second-order valence-corrected chi connectivity index (χ2v) is 8.11. The van der Waals surface area contributed by atoms with Gasteiger partial charge in [-0.3, -0.25) is 19.0 Å². The van der Waals surface area contributed by atoms with E-state index in [1.54, 1.807) is 7.05 Å². The first kappa shape index (κ1) is 20.1. The first-order valence-electron chi connectivity index (χ1n) is 9.57. The summed E-state index contributed by atoms with van der Waals surface area (Å²) in [6.07, 6.45) is 2.76. The molecule has 1 saturated heterocycles. The number of anilines is 1. The summed E-state index contributed by atoms with van der Waals surface area (Å²) in [6, 6.07) is 5.20. The third-order valence-corrected chi connectivity index (χ3v) is 6.33. The molecule has 30 heavy (non-hydrogen) atoms. The van der Waals surface area contributed by atoms with Crippen LogP contribution in [-0.4, -0.2) is 46.4 Å². The number of carbonyl (C=O) groups excluding carboxylic acids is 2. The van der Waals surface area contributed by atoms with E-state index in [-0.39, 0.29) is 29.7 Å². The molecule has 0 atom stereocenters. The maximum Gasteiger partial charge on any atom is 0.273 e. The Hall–Kier alpha value is -3.14. The van der Waals surface area contributed by atoms with Gasteiger partial charge in [0, 0.05) is 31.6 Å². The molecule has 0 bridgehead atoms. The molecule has 2 aromatic heterocycles. The molecule has 0 radical (unpaired) electrons. The number of carbonyl (C=O) groups is 2. The first-order valence-corrected chi connectivity index (χ1v) is 10.4. The lowest BCUT2D eigenvalue weighted by atomic mass is 9.96. The highest BCUT2D eigenvalue weighted by molar-refractivity contribution is 7.22. The summed E-state index contributed by atoms with van der Waals surface area (Å²) in [5.74, 6) is -0.689. The SMILES string of the molecule is CNC(=O)C1CCN(c2nc3ncn(CC(=O)c4ccc(F)cc4)c(=O)c3s2)CC1. The molecule has 0 saturated carbocycles. The summed E-state index contributed by atoms with van der Waals surface area (Å²) in [5.41, 5.74) is 0.339. The normalized spacial score (nSPS) is 14.8. The van der Waals surface area contributed by atoms with Crippen molar-refractivity contribution in [3.63, 3.8) is 0 Å². The molecule has 4 rings (SSSR count). The monoisotopic (exact) mass is 429 g/mol.